The number of hydrogen-bond donors (Lipinski definition) is 4. The molecule has 3 aromatic rings. The molecule has 0 saturated carbocycles. The van der Waals surface area contributed by atoms with Crippen LogP contribution in [-0.2, 0) is 15.1 Å². The Morgan fingerprint density at radius 1 is 0.645 bits per heavy atom. The second-order valence-electron chi connectivity index (χ2n) is 7.59. The van der Waals surface area contributed by atoms with Crippen LogP contribution in [0.15, 0.2) is 91.0 Å². The molecule has 0 radical (unpaired) electrons. The van der Waals surface area contributed by atoms with Gasteiger partial charge in [-0.25, -0.2) is 0 Å². The third kappa shape index (κ3) is 4.02. The summed E-state index contributed by atoms with van der Waals surface area (Å²) in [7, 11) is 0. The maximum atomic E-state index is 10.7. The molecule has 4 N–H and O–H groups in total. The number of ether oxygens (including phenoxy) is 2. The lowest BCUT2D eigenvalue weighted by molar-refractivity contribution is -0.319. The van der Waals surface area contributed by atoms with Gasteiger partial charge in [-0.1, -0.05) is 91.0 Å². The maximum absolute atomic E-state index is 10.7. The average Bonchev–Trinajstić information content (AvgIpc) is 2.84. The summed E-state index contributed by atoms with van der Waals surface area (Å²) in [6.07, 6.45) is -6.89. The van der Waals surface area contributed by atoms with Gasteiger partial charge >= 0.3 is 0 Å². The average molecular weight is 422 g/mol. The van der Waals surface area contributed by atoms with Crippen LogP contribution in [0.5, 0.6) is 0 Å². The summed E-state index contributed by atoms with van der Waals surface area (Å²) in [5.41, 5.74) is 1.20. The van der Waals surface area contributed by atoms with Crippen LogP contribution < -0.4 is 0 Å². The van der Waals surface area contributed by atoms with E-state index >= 15 is 0 Å². The first-order chi connectivity index (χ1) is 15.1. The SMILES string of the molecule is OC[C@H]1O[C@H](OC(c2ccccc2)(c2ccccc2)c2ccccc2)[C@H](O)[C@@H](O)[C@@H]1O. The molecular formula is C25H26O6. The number of benzene rings is 3. The Hall–Kier alpha value is -2.58. The van der Waals surface area contributed by atoms with E-state index in [0.29, 0.717) is 0 Å². The van der Waals surface area contributed by atoms with Crippen LogP contribution in [0.1, 0.15) is 16.7 Å². The molecule has 1 aliphatic rings. The van der Waals surface area contributed by atoms with Crippen molar-refractivity contribution in [3.63, 3.8) is 0 Å². The molecule has 0 aliphatic carbocycles. The minimum absolute atomic E-state index is 0.528. The van der Waals surface area contributed by atoms with E-state index in [1.807, 2.05) is 91.0 Å². The molecule has 0 spiro atoms. The summed E-state index contributed by atoms with van der Waals surface area (Å²) >= 11 is 0. The zero-order valence-corrected chi connectivity index (χ0v) is 16.9. The molecule has 0 unspecified atom stereocenters. The van der Waals surface area contributed by atoms with Crippen LogP contribution in [-0.4, -0.2) is 57.7 Å². The van der Waals surface area contributed by atoms with E-state index in [1.165, 1.54) is 0 Å². The zero-order chi connectivity index (χ0) is 21.8. The van der Waals surface area contributed by atoms with Crippen molar-refractivity contribution in [2.75, 3.05) is 6.61 Å². The fourth-order valence-corrected chi connectivity index (χ4v) is 4.06. The highest BCUT2D eigenvalue weighted by Crippen LogP contribution is 2.42. The topological polar surface area (TPSA) is 99.4 Å². The van der Waals surface area contributed by atoms with Crippen LogP contribution in [0.3, 0.4) is 0 Å². The predicted molar refractivity (Wildman–Crippen MR) is 114 cm³/mol. The summed E-state index contributed by atoms with van der Waals surface area (Å²) in [5, 5.41) is 40.8. The number of aliphatic hydroxyl groups is 4. The van der Waals surface area contributed by atoms with E-state index in [-0.39, 0.29) is 0 Å². The first-order valence-corrected chi connectivity index (χ1v) is 10.2. The largest absolute Gasteiger partial charge is 0.394 e. The van der Waals surface area contributed by atoms with Gasteiger partial charge in [0.05, 0.1) is 6.61 Å². The van der Waals surface area contributed by atoms with E-state index in [4.69, 9.17) is 9.47 Å². The molecular weight excluding hydrogens is 396 g/mol. The summed E-state index contributed by atoms with van der Waals surface area (Å²) in [4.78, 5) is 0. The fourth-order valence-electron chi connectivity index (χ4n) is 4.06. The van der Waals surface area contributed by atoms with Gasteiger partial charge in [0.25, 0.3) is 0 Å². The Kier molecular flexibility index (Phi) is 6.48. The van der Waals surface area contributed by atoms with Crippen molar-refractivity contribution >= 4 is 0 Å². The number of aliphatic hydroxyl groups excluding tert-OH is 4. The second kappa shape index (κ2) is 9.28. The van der Waals surface area contributed by atoms with Gasteiger partial charge in [-0.3, -0.25) is 0 Å². The zero-order valence-electron chi connectivity index (χ0n) is 16.9. The number of hydrogen-bond acceptors (Lipinski definition) is 6. The molecule has 4 rings (SSSR count). The Morgan fingerprint density at radius 3 is 1.45 bits per heavy atom. The normalized spacial score (nSPS) is 26.5. The lowest BCUT2D eigenvalue weighted by atomic mass is 9.80. The van der Waals surface area contributed by atoms with Gasteiger partial charge in [0, 0.05) is 0 Å². The van der Waals surface area contributed by atoms with E-state index in [1.54, 1.807) is 0 Å². The van der Waals surface area contributed by atoms with Crippen LogP contribution in [0.4, 0.5) is 0 Å². The van der Waals surface area contributed by atoms with Crippen LogP contribution in [0, 0.1) is 0 Å². The van der Waals surface area contributed by atoms with Gasteiger partial charge in [-0.15, -0.1) is 0 Å². The highest BCUT2D eigenvalue weighted by atomic mass is 16.7. The highest BCUT2D eigenvalue weighted by Gasteiger charge is 2.49. The molecule has 1 heterocycles. The Bertz CT molecular complexity index is 851. The van der Waals surface area contributed by atoms with Gasteiger partial charge < -0.3 is 29.9 Å². The van der Waals surface area contributed by atoms with Crippen molar-refractivity contribution in [2.24, 2.45) is 0 Å². The lowest BCUT2D eigenvalue weighted by Crippen LogP contribution is -2.60. The van der Waals surface area contributed by atoms with Crippen LogP contribution >= 0.6 is 0 Å². The second-order valence-corrected chi connectivity index (χ2v) is 7.59. The monoisotopic (exact) mass is 422 g/mol. The van der Waals surface area contributed by atoms with Crippen molar-refractivity contribution in [1.82, 2.24) is 0 Å². The highest BCUT2D eigenvalue weighted by molar-refractivity contribution is 5.47. The summed E-state index contributed by atoms with van der Waals surface area (Å²) in [6, 6.07) is 28.6. The first-order valence-electron chi connectivity index (χ1n) is 10.2. The van der Waals surface area contributed by atoms with Gasteiger partial charge in [0.1, 0.15) is 30.0 Å². The van der Waals surface area contributed by atoms with E-state index in [2.05, 4.69) is 0 Å². The van der Waals surface area contributed by atoms with Crippen molar-refractivity contribution in [2.45, 2.75) is 36.3 Å². The summed E-state index contributed by atoms with van der Waals surface area (Å²) in [6.45, 7) is -0.528. The molecule has 31 heavy (non-hydrogen) atoms. The summed E-state index contributed by atoms with van der Waals surface area (Å²) in [5.74, 6) is 0. The third-order valence-corrected chi connectivity index (χ3v) is 5.68. The Balaban J connectivity index is 1.88. The number of rotatable bonds is 6. The first kappa shape index (κ1) is 21.6. The van der Waals surface area contributed by atoms with E-state index in [9.17, 15) is 20.4 Å². The van der Waals surface area contributed by atoms with Gasteiger partial charge in [0.15, 0.2) is 6.29 Å². The maximum Gasteiger partial charge on any atom is 0.188 e. The van der Waals surface area contributed by atoms with Crippen LogP contribution in [0.2, 0.25) is 0 Å². The Labute approximate surface area is 180 Å². The minimum atomic E-state index is -1.53. The molecule has 1 fully saturated rings. The molecule has 5 atom stereocenters. The Morgan fingerprint density at radius 2 is 1.06 bits per heavy atom. The van der Waals surface area contributed by atoms with Crippen molar-refractivity contribution in [3.8, 4) is 0 Å². The van der Waals surface area contributed by atoms with Crippen LogP contribution in [0.25, 0.3) is 0 Å². The third-order valence-electron chi connectivity index (χ3n) is 5.68. The van der Waals surface area contributed by atoms with Gasteiger partial charge in [-0.2, -0.15) is 0 Å². The minimum Gasteiger partial charge on any atom is -0.394 e. The lowest BCUT2D eigenvalue weighted by Gasteiger charge is -2.45. The van der Waals surface area contributed by atoms with Crippen molar-refractivity contribution in [3.05, 3.63) is 108 Å². The molecule has 1 saturated heterocycles. The van der Waals surface area contributed by atoms with Gasteiger partial charge in [-0.05, 0) is 16.7 Å². The molecule has 6 nitrogen and oxygen atoms in total. The molecule has 3 aromatic carbocycles. The fraction of sp³-hybridized carbons (Fsp3) is 0.280. The molecule has 162 valence electrons. The van der Waals surface area contributed by atoms with E-state index < -0.39 is 42.9 Å². The molecule has 0 amide bonds. The van der Waals surface area contributed by atoms with Gasteiger partial charge in [0.2, 0.25) is 0 Å². The predicted octanol–water partition coefficient (Wildman–Crippen LogP) is 1.79. The molecule has 1 aliphatic heterocycles. The standard InChI is InChI=1S/C25H26O6/c26-16-20-21(27)22(28)23(29)24(30-20)31-25(17-10-4-1-5-11-17,18-12-6-2-7-13-18)19-14-8-3-9-15-19/h1-15,20-24,26-29H,16H2/t20-,21-,22+,23-,24-/m1/s1. The summed E-state index contributed by atoms with van der Waals surface area (Å²) < 4.78 is 12.3. The molecule has 6 heteroatoms. The van der Waals surface area contributed by atoms with E-state index in [0.717, 1.165) is 16.7 Å². The smallest absolute Gasteiger partial charge is 0.188 e. The van der Waals surface area contributed by atoms with Crippen molar-refractivity contribution < 1.29 is 29.9 Å². The molecule has 0 bridgehead atoms. The van der Waals surface area contributed by atoms with Crippen molar-refractivity contribution in [1.29, 1.82) is 0 Å². The quantitative estimate of drug-likeness (QED) is 0.452. The molecule has 0 aromatic heterocycles.